The monoisotopic (exact) mass is 401 g/mol. The van der Waals surface area contributed by atoms with Crippen LogP contribution >= 0.6 is 0 Å². The second kappa shape index (κ2) is 8.59. The molecule has 0 N–H and O–H groups in total. The molecule has 0 fully saturated rings. The van der Waals surface area contributed by atoms with E-state index in [-0.39, 0.29) is 30.6 Å². The van der Waals surface area contributed by atoms with Crippen molar-refractivity contribution < 1.29 is 23.2 Å². The van der Waals surface area contributed by atoms with Crippen LogP contribution in [0.5, 0.6) is 11.5 Å². The van der Waals surface area contributed by atoms with Gasteiger partial charge in [-0.2, -0.15) is 0 Å². The molecule has 0 saturated heterocycles. The summed E-state index contributed by atoms with van der Waals surface area (Å²) in [7, 11) is 4.60. The van der Waals surface area contributed by atoms with Crippen molar-refractivity contribution in [1.29, 1.82) is 0 Å². The van der Waals surface area contributed by atoms with Crippen molar-refractivity contribution in [3.63, 3.8) is 0 Å². The first kappa shape index (κ1) is 20.1. The smallest absolute Gasteiger partial charge is 0.442 e. The molecule has 8 nitrogen and oxygen atoms in total. The molecule has 0 saturated carbocycles. The maximum Gasteiger partial charge on any atom is 0.442 e. The Kier molecular flexibility index (Phi) is 5.96. The molecule has 3 aromatic rings. The van der Waals surface area contributed by atoms with Gasteiger partial charge in [0.25, 0.3) is 0 Å². The lowest BCUT2D eigenvalue weighted by Crippen LogP contribution is -2.32. The summed E-state index contributed by atoms with van der Waals surface area (Å²) in [5.74, 6) is -0.270. The molecule has 0 aliphatic carbocycles. The third kappa shape index (κ3) is 4.45. The van der Waals surface area contributed by atoms with Gasteiger partial charge in [-0.15, -0.1) is 0 Å². The zero-order valence-electron chi connectivity index (χ0n) is 16.2. The molecule has 1 heterocycles. The molecule has 0 bridgehead atoms. The van der Waals surface area contributed by atoms with E-state index in [1.807, 2.05) is 0 Å². The normalized spacial score (nSPS) is 10.6. The average Bonchev–Trinajstić information content (AvgIpc) is 3.09. The minimum Gasteiger partial charge on any atom is -0.493 e. The van der Waals surface area contributed by atoms with Crippen LogP contribution in [0, 0.1) is 5.82 Å². The molecular formula is C20H20FN3O5. The SMILES string of the molecule is COc1ccc(-c2noc(=O)n2CC(=O)N(C)Cc2ccc(F)cc2)cc1OC. The molecule has 1 aromatic heterocycles. The fourth-order valence-corrected chi connectivity index (χ4v) is 2.80. The number of halogens is 1. The first-order chi connectivity index (χ1) is 13.9. The number of ether oxygens (including phenoxy) is 2. The Bertz CT molecular complexity index is 1060. The summed E-state index contributed by atoms with van der Waals surface area (Å²) in [6.45, 7) is 0.00847. The van der Waals surface area contributed by atoms with E-state index in [9.17, 15) is 14.0 Å². The number of rotatable bonds is 7. The largest absolute Gasteiger partial charge is 0.493 e. The third-order valence-corrected chi connectivity index (χ3v) is 4.38. The van der Waals surface area contributed by atoms with Gasteiger partial charge in [-0.05, 0) is 35.9 Å². The molecule has 29 heavy (non-hydrogen) atoms. The zero-order valence-corrected chi connectivity index (χ0v) is 16.2. The number of methoxy groups -OCH3 is 2. The molecule has 3 rings (SSSR count). The van der Waals surface area contributed by atoms with Crippen LogP contribution in [0.4, 0.5) is 4.39 Å². The van der Waals surface area contributed by atoms with E-state index < -0.39 is 5.76 Å². The lowest BCUT2D eigenvalue weighted by Gasteiger charge is -2.17. The minimum atomic E-state index is -0.752. The van der Waals surface area contributed by atoms with E-state index in [0.29, 0.717) is 17.1 Å². The average molecular weight is 401 g/mol. The minimum absolute atomic E-state index is 0.194. The van der Waals surface area contributed by atoms with Crippen molar-refractivity contribution in [3.8, 4) is 22.9 Å². The Balaban J connectivity index is 1.81. The topological polar surface area (TPSA) is 86.8 Å². The number of carbonyl (C=O) groups is 1. The molecule has 0 aliphatic heterocycles. The predicted octanol–water partition coefficient (Wildman–Crippen LogP) is 2.32. The van der Waals surface area contributed by atoms with Crippen LogP contribution in [0.2, 0.25) is 0 Å². The van der Waals surface area contributed by atoms with Crippen molar-refractivity contribution in [2.24, 2.45) is 0 Å². The van der Waals surface area contributed by atoms with Crippen LogP contribution in [0.15, 0.2) is 51.8 Å². The number of nitrogens with zero attached hydrogens (tertiary/aromatic N) is 3. The summed E-state index contributed by atoms with van der Waals surface area (Å²) in [4.78, 5) is 26.2. The number of benzene rings is 2. The van der Waals surface area contributed by atoms with E-state index in [1.165, 1.54) is 31.3 Å². The summed E-state index contributed by atoms with van der Waals surface area (Å²) in [6, 6.07) is 10.8. The lowest BCUT2D eigenvalue weighted by atomic mass is 10.2. The highest BCUT2D eigenvalue weighted by molar-refractivity contribution is 5.76. The lowest BCUT2D eigenvalue weighted by molar-refractivity contribution is -0.131. The Hall–Kier alpha value is -3.62. The van der Waals surface area contributed by atoms with Crippen LogP contribution in [0.1, 0.15) is 5.56 Å². The van der Waals surface area contributed by atoms with E-state index in [1.54, 1.807) is 37.4 Å². The van der Waals surface area contributed by atoms with Gasteiger partial charge in [0, 0.05) is 19.2 Å². The molecule has 0 aliphatic rings. The van der Waals surface area contributed by atoms with Crippen LogP contribution in [-0.4, -0.2) is 41.8 Å². The van der Waals surface area contributed by atoms with Crippen LogP contribution in [-0.2, 0) is 17.9 Å². The van der Waals surface area contributed by atoms with Gasteiger partial charge in [-0.3, -0.25) is 9.32 Å². The molecule has 0 radical (unpaired) electrons. The molecule has 2 aromatic carbocycles. The van der Waals surface area contributed by atoms with Crippen LogP contribution < -0.4 is 15.2 Å². The number of aromatic nitrogens is 2. The summed E-state index contributed by atoms with van der Waals surface area (Å²) in [5, 5.41) is 3.79. The number of hydrogen-bond acceptors (Lipinski definition) is 6. The molecule has 0 spiro atoms. The number of hydrogen-bond donors (Lipinski definition) is 0. The fourth-order valence-electron chi connectivity index (χ4n) is 2.80. The van der Waals surface area contributed by atoms with E-state index >= 15 is 0 Å². The van der Waals surface area contributed by atoms with E-state index in [0.717, 1.165) is 10.1 Å². The molecule has 0 atom stereocenters. The summed E-state index contributed by atoms with van der Waals surface area (Å²) in [6.07, 6.45) is 0. The number of carbonyl (C=O) groups excluding carboxylic acids is 1. The van der Waals surface area contributed by atoms with Gasteiger partial charge >= 0.3 is 5.76 Å². The summed E-state index contributed by atoms with van der Waals surface area (Å²) >= 11 is 0. The first-order valence-corrected chi connectivity index (χ1v) is 8.70. The highest BCUT2D eigenvalue weighted by atomic mass is 19.1. The van der Waals surface area contributed by atoms with Gasteiger partial charge in [-0.25, -0.2) is 13.8 Å². The zero-order chi connectivity index (χ0) is 21.0. The molecule has 9 heteroatoms. The Morgan fingerprint density at radius 2 is 1.83 bits per heavy atom. The van der Waals surface area contributed by atoms with E-state index in [2.05, 4.69) is 5.16 Å². The highest BCUT2D eigenvalue weighted by Gasteiger charge is 2.19. The maximum absolute atomic E-state index is 13.0. The van der Waals surface area contributed by atoms with Crippen molar-refractivity contribution in [2.45, 2.75) is 13.1 Å². The predicted molar refractivity (Wildman–Crippen MR) is 102 cm³/mol. The highest BCUT2D eigenvalue weighted by Crippen LogP contribution is 2.31. The molecule has 1 amide bonds. The summed E-state index contributed by atoms with van der Waals surface area (Å²) < 4.78 is 29.4. The first-order valence-electron chi connectivity index (χ1n) is 8.70. The summed E-state index contributed by atoms with van der Waals surface area (Å²) in [5.41, 5.74) is 1.29. The standard InChI is InChI=1S/C20H20FN3O5/c1-23(11-13-4-7-15(21)8-5-13)18(25)12-24-19(22-29-20(24)26)14-6-9-16(27-2)17(10-14)28-3/h4-10H,11-12H2,1-3H3. The fraction of sp³-hybridized carbons (Fsp3) is 0.250. The Morgan fingerprint density at radius 3 is 2.48 bits per heavy atom. The Labute approximate surface area is 166 Å². The second-order valence-electron chi connectivity index (χ2n) is 6.30. The maximum atomic E-state index is 13.0. The molecule has 152 valence electrons. The van der Waals surface area contributed by atoms with Gasteiger partial charge in [0.15, 0.2) is 17.3 Å². The van der Waals surface area contributed by atoms with Gasteiger partial charge in [0.05, 0.1) is 14.2 Å². The van der Waals surface area contributed by atoms with Gasteiger partial charge < -0.3 is 14.4 Å². The van der Waals surface area contributed by atoms with Crippen LogP contribution in [0.3, 0.4) is 0 Å². The van der Waals surface area contributed by atoms with Crippen LogP contribution in [0.25, 0.3) is 11.4 Å². The number of likely N-dealkylation sites (N-methyl/N-ethyl adjacent to an activating group) is 1. The van der Waals surface area contributed by atoms with Crippen molar-refractivity contribution in [3.05, 3.63) is 64.4 Å². The number of amides is 1. The van der Waals surface area contributed by atoms with Gasteiger partial charge in [0.1, 0.15) is 12.4 Å². The molecule has 0 unspecified atom stereocenters. The molecular weight excluding hydrogens is 381 g/mol. The van der Waals surface area contributed by atoms with Gasteiger partial charge in [-0.1, -0.05) is 17.3 Å². The van der Waals surface area contributed by atoms with E-state index in [4.69, 9.17) is 14.0 Å². The van der Waals surface area contributed by atoms with Crippen molar-refractivity contribution in [2.75, 3.05) is 21.3 Å². The second-order valence-corrected chi connectivity index (χ2v) is 6.30. The van der Waals surface area contributed by atoms with Crippen molar-refractivity contribution in [1.82, 2.24) is 14.6 Å². The van der Waals surface area contributed by atoms with Crippen molar-refractivity contribution >= 4 is 5.91 Å². The van der Waals surface area contributed by atoms with Gasteiger partial charge in [0.2, 0.25) is 5.91 Å². The quantitative estimate of drug-likeness (QED) is 0.604. The Morgan fingerprint density at radius 1 is 1.14 bits per heavy atom. The third-order valence-electron chi connectivity index (χ3n) is 4.38.